The number of hydrogen-bond acceptors (Lipinski definition) is 4. The Labute approximate surface area is 118 Å². The highest BCUT2D eigenvalue weighted by Crippen LogP contribution is 2.11. The van der Waals surface area contributed by atoms with Crippen molar-refractivity contribution < 1.29 is 4.79 Å². The lowest BCUT2D eigenvalue weighted by atomic mass is 10.2. The number of nitrogens with one attached hydrogen (secondary N) is 1. The Morgan fingerprint density at radius 3 is 2.68 bits per heavy atom. The maximum Gasteiger partial charge on any atom is 0.224 e. The summed E-state index contributed by atoms with van der Waals surface area (Å²) in [6.45, 7) is 2.36. The predicted octanol–water partition coefficient (Wildman–Crippen LogP) is 2.33. The van der Waals surface area contributed by atoms with Crippen LogP contribution in [0.4, 0.5) is 5.82 Å². The number of aromatic nitrogens is 2. The highest BCUT2D eigenvalue weighted by molar-refractivity contribution is 6.29. The van der Waals surface area contributed by atoms with Crippen molar-refractivity contribution in [2.24, 2.45) is 0 Å². The second-order valence-corrected chi connectivity index (χ2v) is 5.09. The Kier molecular flexibility index (Phi) is 5.39. The van der Waals surface area contributed by atoms with Gasteiger partial charge in [-0.2, -0.15) is 0 Å². The van der Waals surface area contributed by atoms with Gasteiger partial charge in [-0.05, 0) is 12.8 Å². The van der Waals surface area contributed by atoms with Crippen LogP contribution in [0, 0.1) is 0 Å². The fourth-order valence-electron chi connectivity index (χ4n) is 2.20. The van der Waals surface area contributed by atoms with Crippen molar-refractivity contribution in [1.29, 1.82) is 0 Å². The second kappa shape index (κ2) is 7.28. The van der Waals surface area contributed by atoms with Gasteiger partial charge in [0.05, 0.1) is 12.4 Å². The number of rotatable bonds is 4. The molecular formula is C13H19ClN4O. The minimum Gasteiger partial charge on any atom is -0.368 e. The van der Waals surface area contributed by atoms with Crippen molar-refractivity contribution in [2.75, 3.05) is 25.0 Å². The van der Waals surface area contributed by atoms with Gasteiger partial charge in [0, 0.05) is 26.1 Å². The van der Waals surface area contributed by atoms with Crippen LogP contribution in [0.1, 0.15) is 32.1 Å². The molecule has 2 heterocycles. The molecule has 1 aliphatic heterocycles. The zero-order chi connectivity index (χ0) is 13.5. The summed E-state index contributed by atoms with van der Waals surface area (Å²) in [4.78, 5) is 22.0. The topological polar surface area (TPSA) is 58.1 Å². The number of carbonyl (C=O) groups is 1. The Hall–Kier alpha value is -1.36. The third-order valence-electron chi connectivity index (χ3n) is 3.21. The third-order valence-corrected chi connectivity index (χ3v) is 3.39. The maximum atomic E-state index is 12.0. The SMILES string of the molecule is O=C(CCNc1cncc(Cl)n1)N1CCCCCC1. The van der Waals surface area contributed by atoms with Gasteiger partial charge in [-0.15, -0.1) is 0 Å². The Bertz CT molecular complexity index is 419. The molecular weight excluding hydrogens is 264 g/mol. The summed E-state index contributed by atoms with van der Waals surface area (Å²) in [6, 6.07) is 0. The molecule has 2 rings (SSSR count). The average Bonchev–Trinajstić information content (AvgIpc) is 2.67. The van der Waals surface area contributed by atoms with Gasteiger partial charge in [0.15, 0.2) is 0 Å². The lowest BCUT2D eigenvalue weighted by molar-refractivity contribution is -0.130. The Balaban J connectivity index is 1.74. The van der Waals surface area contributed by atoms with E-state index in [1.165, 1.54) is 19.0 Å². The molecule has 0 spiro atoms. The molecule has 1 fully saturated rings. The van der Waals surface area contributed by atoms with E-state index in [4.69, 9.17) is 11.6 Å². The van der Waals surface area contributed by atoms with Crippen molar-refractivity contribution in [3.63, 3.8) is 0 Å². The molecule has 19 heavy (non-hydrogen) atoms. The van der Waals surface area contributed by atoms with Crippen LogP contribution < -0.4 is 5.32 Å². The molecule has 0 aromatic carbocycles. The number of carbonyl (C=O) groups excluding carboxylic acids is 1. The van der Waals surface area contributed by atoms with Crippen LogP contribution in [0.15, 0.2) is 12.4 Å². The first-order valence-electron chi connectivity index (χ1n) is 6.75. The first-order chi connectivity index (χ1) is 9.25. The number of hydrogen-bond donors (Lipinski definition) is 1. The van der Waals surface area contributed by atoms with E-state index in [1.54, 1.807) is 6.20 Å². The highest BCUT2D eigenvalue weighted by atomic mass is 35.5. The Morgan fingerprint density at radius 2 is 2.00 bits per heavy atom. The second-order valence-electron chi connectivity index (χ2n) is 4.70. The van der Waals surface area contributed by atoms with Gasteiger partial charge in [0.25, 0.3) is 0 Å². The molecule has 6 heteroatoms. The monoisotopic (exact) mass is 282 g/mol. The van der Waals surface area contributed by atoms with Gasteiger partial charge in [-0.25, -0.2) is 4.98 Å². The molecule has 1 aromatic heterocycles. The van der Waals surface area contributed by atoms with Crippen LogP contribution in [0.25, 0.3) is 0 Å². The van der Waals surface area contributed by atoms with Crippen LogP contribution in [-0.4, -0.2) is 40.4 Å². The summed E-state index contributed by atoms with van der Waals surface area (Å²) in [5.41, 5.74) is 0. The minimum absolute atomic E-state index is 0.212. The van der Waals surface area contributed by atoms with E-state index in [-0.39, 0.29) is 5.91 Å². The first-order valence-corrected chi connectivity index (χ1v) is 7.13. The quantitative estimate of drug-likeness (QED) is 0.921. The van der Waals surface area contributed by atoms with Crippen LogP contribution in [0.3, 0.4) is 0 Å². The van der Waals surface area contributed by atoms with E-state index in [2.05, 4.69) is 15.3 Å². The number of likely N-dealkylation sites (tertiary alicyclic amines) is 1. The molecule has 104 valence electrons. The van der Waals surface area contributed by atoms with Crippen molar-refractivity contribution in [1.82, 2.24) is 14.9 Å². The maximum absolute atomic E-state index is 12.0. The van der Waals surface area contributed by atoms with Gasteiger partial charge in [-0.3, -0.25) is 9.78 Å². The van der Waals surface area contributed by atoms with Crippen molar-refractivity contribution in [2.45, 2.75) is 32.1 Å². The molecule has 0 aliphatic carbocycles. The summed E-state index contributed by atoms with van der Waals surface area (Å²) in [5.74, 6) is 0.820. The number of amides is 1. The van der Waals surface area contributed by atoms with E-state index < -0.39 is 0 Å². The smallest absolute Gasteiger partial charge is 0.224 e. The van der Waals surface area contributed by atoms with E-state index in [9.17, 15) is 4.79 Å². The van der Waals surface area contributed by atoms with E-state index >= 15 is 0 Å². The average molecular weight is 283 g/mol. The standard InChI is InChI=1S/C13H19ClN4O/c14-11-9-15-10-12(17-11)16-6-5-13(19)18-7-3-1-2-4-8-18/h9-10H,1-8H2,(H,16,17). The fraction of sp³-hybridized carbons (Fsp3) is 0.615. The minimum atomic E-state index is 0.212. The molecule has 0 radical (unpaired) electrons. The van der Waals surface area contributed by atoms with Crippen molar-refractivity contribution in [3.05, 3.63) is 17.5 Å². The molecule has 0 saturated carbocycles. The lowest BCUT2D eigenvalue weighted by Crippen LogP contribution is -2.32. The van der Waals surface area contributed by atoms with Gasteiger partial charge in [0.2, 0.25) is 5.91 Å². The predicted molar refractivity (Wildman–Crippen MR) is 75.2 cm³/mol. The normalized spacial score (nSPS) is 15.9. The molecule has 0 bridgehead atoms. The molecule has 5 nitrogen and oxygen atoms in total. The molecule has 1 aliphatic rings. The number of anilines is 1. The van der Waals surface area contributed by atoms with E-state index in [1.807, 2.05) is 4.90 Å². The molecule has 0 unspecified atom stereocenters. The molecule has 1 N–H and O–H groups in total. The third kappa shape index (κ3) is 4.67. The van der Waals surface area contributed by atoms with Crippen LogP contribution in [-0.2, 0) is 4.79 Å². The summed E-state index contributed by atoms with van der Waals surface area (Å²) in [5, 5.41) is 3.42. The highest BCUT2D eigenvalue weighted by Gasteiger charge is 2.14. The van der Waals surface area contributed by atoms with Crippen LogP contribution in [0.5, 0.6) is 0 Å². The van der Waals surface area contributed by atoms with Crippen LogP contribution >= 0.6 is 11.6 Å². The van der Waals surface area contributed by atoms with E-state index in [0.717, 1.165) is 25.9 Å². The summed E-state index contributed by atoms with van der Waals surface area (Å²) >= 11 is 5.74. The summed E-state index contributed by atoms with van der Waals surface area (Å²) in [7, 11) is 0. The van der Waals surface area contributed by atoms with Crippen LogP contribution in [0.2, 0.25) is 5.15 Å². The largest absolute Gasteiger partial charge is 0.368 e. The first kappa shape index (κ1) is 14.1. The number of halogens is 1. The van der Waals surface area contributed by atoms with Crippen molar-refractivity contribution in [3.8, 4) is 0 Å². The van der Waals surface area contributed by atoms with Crippen molar-refractivity contribution >= 4 is 23.3 Å². The molecule has 1 aromatic rings. The molecule has 1 amide bonds. The fourth-order valence-corrected chi connectivity index (χ4v) is 2.35. The summed E-state index contributed by atoms with van der Waals surface area (Å²) < 4.78 is 0. The van der Waals surface area contributed by atoms with Gasteiger partial charge in [-0.1, -0.05) is 24.4 Å². The lowest BCUT2D eigenvalue weighted by Gasteiger charge is -2.20. The Morgan fingerprint density at radius 1 is 1.26 bits per heavy atom. The van der Waals surface area contributed by atoms with E-state index in [0.29, 0.717) is 23.9 Å². The van der Waals surface area contributed by atoms with Gasteiger partial charge < -0.3 is 10.2 Å². The zero-order valence-electron chi connectivity index (χ0n) is 10.9. The molecule has 1 saturated heterocycles. The zero-order valence-corrected chi connectivity index (χ0v) is 11.7. The number of nitrogens with zero attached hydrogens (tertiary/aromatic N) is 3. The summed E-state index contributed by atoms with van der Waals surface area (Å²) in [6.07, 6.45) is 8.28. The molecule has 0 atom stereocenters. The van der Waals surface area contributed by atoms with Gasteiger partial charge in [0.1, 0.15) is 11.0 Å². The van der Waals surface area contributed by atoms with Gasteiger partial charge >= 0.3 is 0 Å².